The van der Waals surface area contributed by atoms with E-state index in [9.17, 15) is 10.1 Å². The Morgan fingerprint density at radius 3 is 2.79 bits per heavy atom. The third-order valence-corrected chi connectivity index (χ3v) is 5.31. The average molecular weight is 384 g/mol. The number of nitro benzene ring substituents is 1. The highest BCUT2D eigenvalue weighted by atomic mass is 16.6. The van der Waals surface area contributed by atoms with Crippen molar-refractivity contribution in [3.8, 4) is 11.6 Å². The molecule has 2 heterocycles. The molecule has 0 spiro atoms. The SMILES string of the molecule is Cn1cnc2c(c1=N)C(c1cccc([N+](=O)[O-])c1)c1ccc3ccccc3c1O2. The van der Waals surface area contributed by atoms with Gasteiger partial charge in [-0.1, -0.05) is 48.5 Å². The van der Waals surface area contributed by atoms with Crippen LogP contribution < -0.4 is 10.2 Å². The molecule has 1 atom stereocenters. The summed E-state index contributed by atoms with van der Waals surface area (Å²) in [6.07, 6.45) is 1.54. The zero-order valence-electron chi connectivity index (χ0n) is 15.5. The molecule has 1 aliphatic heterocycles. The minimum absolute atomic E-state index is 0.0117. The van der Waals surface area contributed by atoms with Crippen LogP contribution in [0.2, 0.25) is 0 Å². The molecule has 1 N–H and O–H groups in total. The molecule has 0 amide bonds. The minimum atomic E-state index is -0.407. The number of nitrogens with one attached hydrogen (secondary N) is 1. The molecule has 0 saturated heterocycles. The fourth-order valence-electron chi connectivity index (χ4n) is 3.92. The molecule has 0 fully saturated rings. The lowest BCUT2D eigenvalue weighted by Crippen LogP contribution is -2.28. The Labute approximate surface area is 165 Å². The minimum Gasteiger partial charge on any atom is -0.438 e. The van der Waals surface area contributed by atoms with Gasteiger partial charge in [-0.05, 0) is 10.9 Å². The molecule has 3 aromatic carbocycles. The van der Waals surface area contributed by atoms with E-state index in [1.807, 2.05) is 42.5 Å². The lowest BCUT2D eigenvalue weighted by Gasteiger charge is -2.29. The Balaban J connectivity index is 1.85. The molecule has 1 unspecified atom stereocenters. The van der Waals surface area contributed by atoms with Crippen molar-refractivity contribution in [2.24, 2.45) is 7.05 Å². The van der Waals surface area contributed by atoms with E-state index in [1.165, 1.54) is 6.07 Å². The van der Waals surface area contributed by atoms with Gasteiger partial charge in [-0.15, -0.1) is 0 Å². The molecular formula is C22H16N4O3. The van der Waals surface area contributed by atoms with Crippen molar-refractivity contribution >= 4 is 16.5 Å². The summed E-state index contributed by atoms with van der Waals surface area (Å²) >= 11 is 0. The summed E-state index contributed by atoms with van der Waals surface area (Å²) in [4.78, 5) is 15.3. The van der Waals surface area contributed by atoms with Gasteiger partial charge in [0.15, 0.2) is 0 Å². The monoisotopic (exact) mass is 384 g/mol. The van der Waals surface area contributed by atoms with Gasteiger partial charge in [0.2, 0.25) is 5.88 Å². The largest absolute Gasteiger partial charge is 0.438 e. The quantitative estimate of drug-likeness (QED) is 0.364. The maximum atomic E-state index is 11.4. The van der Waals surface area contributed by atoms with E-state index >= 15 is 0 Å². The fourth-order valence-corrected chi connectivity index (χ4v) is 3.92. The Kier molecular flexibility index (Phi) is 3.70. The van der Waals surface area contributed by atoms with E-state index in [1.54, 1.807) is 30.1 Å². The van der Waals surface area contributed by atoms with Gasteiger partial charge in [0.25, 0.3) is 5.69 Å². The van der Waals surface area contributed by atoms with Gasteiger partial charge in [0, 0.05) is 36.0 Å². The Bertz CT molecular complexity index is 1360. The number of non-ortho nitro benzene ring substituents is 1. The van der Waals surface area contributed by atoms with Crippen LogP contribution in [0.1, 0.15) is 22.6 Å². The molecule has 0 bridgehead atoms. The van der Waals surface area contributed by atoms with Crippen LogP contribution in [-0.4, -0.2) is 14.5 Å². The summed E-state index contributed by atoms with van der Waals surface area (Å²) in [5.74, 6) is 0.631. The van der Waals surface area contributed by atoms with Crippen molar-refractivity contribution in [1.29, 1.82) is 5.41 Å². The Hall–Kier alpha value is -4.00. The first kappa shape index (κ1) is 17.1. The van der Waals surface area contributed by atoms with Crippen molar-refractivity contribution in [2.45, 2.75) is 5.92 Å². The number of aromatic nitrogens is 2. The predicted molar refractivity (Wildman–Crippen MR) is 107 cm³/mol. The zero-order chi connectivity index (χ0) is 20.1. The highest BCUT2D eigenvalue weighted by Crippen LogP contribution is 2.48. The number of benzene rings is 3. The third-order valence-electron chi connectivity index (χ3n) is 5.31. The standard InChI is InChI=1S/C22H16N4O3/c1-25-12-24-22-19(21(25)23)18(14-6-4-7-15(11-14)26(27)28)17-10-9-13-5-2-3-8-16(13)20(17)29-22/h2-12,18,23H,1H3. The zero-order valence-corrected chi connectivity index (χ0v) is 15.5. The number of fused-ring (bicyclic) bond motifs is 4. The maximum absolute atomic E-state index is 11.4. The predicted octanol–water partition coefficient (Wildman–Crippen LogP) is 4.25. The number of nitro groups is 1. The molecule has 7 heteroatoms. The van der Waals surface area contributed by atoms with E-state index in [0.29, 0.717) is 17.2 Å². The lowest BCUT2D eigenvalue weighted by molar-refractivity contribution is -0.384. The van der Waals surface area contributed by atoms with E-state index in [-0.39, 0.29) is 11.2 Å². The second-order valence-electron chi connectivity index (χ2n) is 7.02. The van der Waals surface area contributed by atoms with Crippen LogP contribution in [0.3, 0.4) is 0 Å². The van der Waals surface area contributed by atoms with Crippen LogP contribution in [0, 0.1) is 15.5 Å². The van der Waals surface area contributed by atoms with Crippen molar-refractivity contribution in [3.63, 3.8) is 0 Å². The van der Waals surface area contributed by atoms with Crippen LogP contribution in [0.4, 0.5) is 5.69 Å². The van der Waals surface area contributed by atoms with Crippen molar-refractivity contribution in [2.75, 3.05) is 0 Å². The topological polar surface area (TPSA) is 94.0 Å². The summed E-state index contributed by atoms with van der Waals surface area (Å²) in [5.41, 5.74) is 2.45. The number of hydrogen-bond acceptors (Lipinski definition) is 5. The first-order valence-corrected chi connectivity index (χ1v) is 9.08. The molecule has 142 valence electrons. The number of hydrogen-bond donors (Lipinski definition) is 1. The summed E-state index contributed by atoms with van der Waals surface area (Å²) < 4.78 is 7.79. The molecular weight excluding hydrogens is 368 g/mol. The van der Waals surface area contributed by atoms with Crippen molar-refractivity contribution < 1.29 is 9.66 Å². The summed E-state index contributed by atoms with van der Waals surface area (Å²) in [6.45, 7) is 0. The van der Waals surface area contributed by atoms with Crippen LogP contribution in [-0.2, 0) is 7.05 Å². The smallest absolute Gasteiger partial charge is 0.269 e. The highest BCUT2D eigenvalue weighted by Gasteiger charge is 2.33. The highest BCUT2D eigenvalue weighted by molar-refractivity contribution is 5.91. The Morgan fingerprint density at radius 2 is 1.97 bits per heavy atom. The number of rotatable bonds is 2. The summed E-state index contributed by atoms with van der Waals surface area (Å²) in [6, 6.07) is 18.4. The van der Waals surface area contributed by atoms with Crippen molar-refractivity contribution in [1.82, 2.24) is 9.55 Å². The number of ether oxygens (including phenoxy) is 1. The van der Waals surface area contributed by atoms with Gasteiger partial charge in [0.05, 0.1) is 16.8 Å². The molecule has 0 radical (unpaired) electrons. The van der Waals surface area contributed by atoms with Crippen LogP contribution in [0.25, 0.3) is 10.8 Å². The van der Waals surface area contributed by atoms with Crippen LogP contribution in [0.5, 0.6) is 11.6 Å². The Morgan fingerprint density at radius 1 is 1.14 bits per heavy atom. The number of aryl methyl sites for hydroxylation is 1. The van der Waals surface area contributed by atoms with Gasteiger partial charge in [-0.25, -0.2) is 4.98 Å². The fraction of sp³-hybridized carbons (Fsp3) is 0.0909. The number of nitrogens with zero attached hydrogens (tertiary/aromatic N) is 3. The molecule has 1 aliphatic rings. The van der Waals surface area contributed by atoms with E-state index in [2.05, 4.69) is 4.98 Å². The van der Waals surface area contributed by atoms with Crippen LogP contribution >= 0.6 is 0 Å². The second kappa shape index (κ2) is 6.27. The average Bonchev–Trinajstić information content (AvgIpc) is 2.75. The molecule has 1 aromatic heterocycles. The lowest BCUT2D eigenvalue weighted by atomic mass is 9.82. The van der Waals surface area contributed by atoms with Gasteiger partial charge >= 0.3 is 0 Å². The molecule has 7 nitrogen and oxygen atoms in total. The third kappa shape index (κ3) is 2.59. The van der Waals surface area contributed by atoms with E-state index in [0.717, 1.165) is 21.9 Å². The summed E-state index contributed by atoms with van der Waals surface area (Å²) in [7, 11) is 1.75. The van der Waals surface area contributed by atoms with Crippen LogP contribution in [0.15, 0.2) is 67.0 Å². The van der Waals surface area contributed by atoms with E-state index < -0.39 is 10.8 Å². The molecule has 5 rings (SSSR count). The van der Waals surface area contributed by atoms with Gasteiger partial charge in [-0.2, -0.15) is 0 Å². The van der Waals surface area contributed by atoms with Gasteiger partial charge < -0.3 is 9.30 Å². The molecule has 0 aliphatic carbocycles. The molecule has 29 heavy (non-hydrogen) atoms. The molecule has 0 saturated carbocycles. The second-order valence-corrected chi connectivity index (χ2v) is 7.02. The first-order chi connectivity index (χ1) is 14.0. The van der Waals surface area contributed by atoms with Gasteiger partial charge in [-0.3, -0.25) is 15.5 Å². The molecule has 4 aromatic rings. The van der Waals surface area contributed by atoms with E-state index in [4.69, 9.17) is 10.1 Å². The normalized spacial score (nSPS) is 14.7. The first-order valence-electron chi connectivity index (χ1n) is 9.08. The van der Waals surface area contributed by atoms with Gasteiger partial charge in [0.1, 0.15) is 11.2 Å². The maximum Gasteiger partial charge on any atom is 0.269 e. The van der Waals surface area contributed by atoms with Crippen molar-refractivity contribution in [3.05, 3.63) is 99.3 Å². The summed E-state index contributed by atoms with van der Waals surface area (Å²) in [5, 5.41) is 21.9.